The first kappa shape index (κ1) is 22.8. The molecule has 2 bridgehead atoms. The number of Topliss-reactive ketones (excluding diaryl/α,β-unsaturated/α-hetero) is 1. The molecule has 3 heterocycles. The third-order valence-electron chi connectivity index (χ3n) is 9.04. The van der Waals surface area contributed by atoms with E-state index >= 15 is 0 Å². The van der Waals surface area contributed by atoms with E-state index in [1.807, 2.05) is 24.3 Å². The van der Waals surface area contributed by atoms with Crippen LogP contribution in [-0.2, 0) is 27.8 Å². The number of pyridine rings is 1. The lowest BCUT2D eigenvalue weighted by atomic mass is 9.47. The van der Waals surface area contributed by atoms with E-state index in [1.165, 1.54) is 12.8 Å². The van der Waals surface area contributed by atoms with E-state index in [-0.39, 0.29) is 42.3 Å². The van der Waals surface area contributed by atoms with Gasteiger partial charge in [0.1, 0.15) is 0 Å². The molecule has 3 aliphatic carbocycles. The van der Waals surface area contributed by atoms with Crippen LogP contribution in [0.5, 0.6) is 11.5 Å². The van der Waals surface area contributed by atoms with E-state index in [0.29, 0.717) is 18.6 Å². The minimum Gasteiger partial charge on any atom is -0.504 e. The highest BCUT2D eigenvalue weighted by molar-refractivity contribution is 5.91. The number of amides is 1. The van der Waals surface area contributed by atoms with Crippen molar-refractivity contribution in [2.75, 3.05) is 13.1 Å². The number of nitrogens with one attached hydrogen (secondary N) is 1. The van der Waals surface area contributed by atoms with Gasteiger partial charge in [0, 0.05) is 36.5 Å². The number of piperidine rings is 1. The summed E-state index contributed by atoms with van der Waals surface area (Å²) < 4.78 is 6.29. The maximum Gasteiger partial charge on any atom is 0.226 e. The molecule has 1 aromatic carbocycles. The Morgan fingerprint density at radius 2 is 2.09 bits per heavy atom. The quantitative estimate of drug-likeness (QED) is 0.662. The zero-order valence-corrected chi connectivity index (χ0v) is 20.4. The lowest BCUT2D eigenvalue weighted by molar-refractivity contribution is -0.150. The van der Waals surface area contributed by atoms with Crippen molar-refractivity contribution in [1.82, 2.24) is 15.2 Å². The Bertz CT molecular complexity index is 1200. The Labute approximate surface area is 210 Å². The standard InChI is InChI=1S/C27H29N3O4.ClH/c31-19-7-6-17-13-21-27(29-22(33)14-18-3-1-2-11-28-18)9-8-20(32)25-26(27,23(17)24(19)34-25)10-12-30(21)15-16-4-5-16;/h1-3,6-7,11,16,21,25,31H,4-5,8-10,12-15H2,(H,29,33);1H/t21-,25+,26+,27-;/m1./s1. The molecule has 2 N–H and O–H groups in total. The minimum atomic E-state index is -0.663. The Hall–Kier alpha value is -2.64. The average molecular weight is 496 g/mol. The zero-order chi connectivity index (χ0) is 23.1. The van der Waals surface area contributed by atoms with E-state index in [2.05, 4.69) is 15.2 Å². The summed E-state index contributed by atoms with van der Waals surface area (Å²) in [6, 6.07) is 9.39. The summed E-state index contributed by atoms with van der Waals surface area (Å²) in [5, 5.41) is 14.2. The van der Waals surface area contributed by atoms with Gasteiger partial charge in [-0.1, -0.05) is 12.1 Å². The molecule has 4 atom stereocenters. The van der Waals surface area contributed by atoms with Crippen LogP contribution in [0.2, 0.25) is 0 Å². The molecular formula is C27H30ClN3O4. The number of rotatable bonds is 5. The number of phenolic OH excluding ortho intramolecular Hbond substituents is 1. The highest BCUT2D eigenvalue weighted by Crippen LogP contribution is 2.65. The smallest absolute Gasteiger partial charge is 0.226 e. The van der Waals surface area contributed by atoms with Crippen LogP contribution in [0.3, 0.4) is 0 Å². The van der Waals surface area contributed by atoms with Crippen molar-refractivity contribution in [2.24, 2.45) is 5.92 Å². The maximum absolute atomic E-state index is 13.5. The second-order valence-electron chi connectivity index (χ2n) is 10.8. The summed E-state index contributed by atoms with van der Waals surface area (Å²) in [4.78, 5) is 33.7. The van der Waals surface area contributed by atoms with Gasteiger partial charge in [-0.25, -0.2) is 0 Å². The van der Waals surface area contributed by atoms with Crippen LogP contribution >= 0.6 is 12.4 Å². The van der Waals surface area contributed by atoms with Crippen LogP contribution in [0.1, 0.15) is 48.9 Å². The summed E-state index contributed by atoms with van der Waals surface area (Å²) in [5.74, 6) is 1.28. The van der Waals surface area contributed by atoms with Gasteiger partial charge in [-0.15, -0.1) is 12.4 Å². The highest BCUT2D eigenvalue weighted by Gasteiger charge is 2.73. The maximum atomic E-state index is 13.5. The molecule has 1 aromatic heterocycles. The van der Waals surface area contributed by atoms with Crippen LogP contribution in [0.4, 0.5) is 0 Å². The molecule has 0 unspecified atom stereocenters. The van der Waals surface area contributed by atoms with E-state index < -0.39 is 17.1 Å². The minimum absolute atomic E-state index is 0. The van der Waals surface area contributed by atoms with Crippen molar-refractivity contribution in [1.29, 1.82) is 0 Å². The normalized spacial score (nSPS) is 32.3. The van der Waals surface area contributed by atoms with Crippen molar-refractivity contribution in [3.8, 4) is 11.5 Å². The predicted octanol–water partition coefficient (Wildman–Crippen LogP) is 2.71. The van der Waals surface area contributed by atoms with E-state index in [0.717, 1.165) is 48.7 Å². The summed E-state index contributed by atoms with van der Waals surface area (Å²) >= 11 is 0. The lowest BCUT2D eigenvalue weighted by Crippen LogP contribution is -2.82. The molecule has 2 aliphatic heterocycles. The molecule has 35 heavy (non-hydrogen) atoms. The molecule has 1 saturated heterocycles. The van der Waals surface area contributed by atoms with Crippen LogP contribution < -0.4 is 10.1 Å². The molecule has 1 amide bonds. The Morgan fingerprint density at radius 1 is 1.23 bits per heavy atom. The molecule has 0 radical (unpaired) electrons. The molecule has 5 aliphatic rings. The first-order chi connectivity index (χ1) is 16.5. The van der Waals surface area contributed by atoms with Gasteiger partial charge in [-0.05, 0) is 68.3 Å². The van der Waals surface area contributed by atoms with Crippen molar-refractivity contribution >= 4 is 24.1 Å². The van der Waals surface area contributed by atoms with Gasteiger partial charge < -0.3 is 15.2 Å². The van der Waals surface area contributed by atoms with Crippen molar-refractivity contribution in [3.63, 3.8) is 0 Å². The third kappa shape index (κ3) is 3.10. The Morgan fingerprint density at radius 3 is 2.86 bits per heavy atom. The van der Waals surface area contributed by atoms with Gasteiger partial charge in [0.15, 0.2) is 23.4 Å². The van der Waals surface area contributed by atoms with Crippen LogP contribution in [0, 0.1) is 5.92 Å². The molecule has 7 rings (SSSR count). The van der Waals surface area contributed by atoms with Gasteiger partial charge in [-0.2, -0.15) is 0 Å². The number of aromatic nitrogens is 1. The summed E-state index contributed by atoms with van der Waals surface area (Å²) in [7, 11) is 0. The number of hydrogen-bond donors (Lipinski definition) is 2. The molecule has 7 nitrogen and oxygen atoms in total. The first-order valence-electron chi connectivity index (χ1n) is 12.5. The largest absolute Gasteiger partial charge is 0.504 e. The van der Waals surface area contributed by atoms with Gasteiger partial charge >= 0.3 is 0 Å². The number of nitrogens with zero attached hydrogens (tertiary/aromatic N) is 2. The number of halogens is 1. The van der Waals surface area contributed by atoms with Gasteiger partial charge in [-0.3, -0.25) is 19.5 Å². The zero-order valence-electron chi connectivity index (χ0n) is 19.5. The fraction of sp³-hybridized carbons (Fsp3) is 0.519. The third-order valence-corrected chi connectivity index (χ3v) is 9.04. The molecule has 2 saturated carbocycles. The number of hydrogen-bond acceptors (Lipinski definition) is 6. The number of likely N-dealkylation sites (tertiary alicyclic amines) is 1. The number of ether oxygens (including phenoxy) is 1. The summed E-state index contributed by atoms with van der Waals surface area (Å²) in [5.41, 5.74) is 1.58. The Kier molecular flexibility index (Phi) is 5.17. The van der Waals surface area contributed by atoms with Crippen LogP contribution in [0.25, 0.3) is 0 Å². The fourth-order valence-corrected chi connectivity index (χ4v) is 7.52. The number of ketones is 1. The molecule has 8 heteroatoms. The Balaban J connectivity index is 0.00000229. The van der Waals surface area contributed by atoms with Crippen LogP contribution in [-0.4, -0.2) is 57.5 Å². The van der Waals surface area contributed by atoms with Crippen molar-refractivity contribution in [2.45, 2.75) is 68.0 Å². The number of benzene rings is 1. The van der Waals surface area contributed by atoms with E-state index in [9.17, 15) is 14.7 Å². The van der Waals surface area contributed by atoms with Crippen molar-refractivity contribution in [3.05, 3.63) is 53.3 Å². The van der Waals surface area contributed by atoms with Gasteiger partial charge in [0.05, 0.1) is 17.4 Å². The summed E-state index contributed by atoms with van der Waals surface area (Å²) in [6.07, 6.45) is 6.27. The average Bonchev–Trinajstić information content (AvgIpc) is 3.57. The van der Waals surface area contributed by atoms with E-state index in [4.69, 9.17) is 4.74 Å². The molecule has 3 fully saturated rings. The van der Waals surface area contributed by atoms with Crippen LogP contribution in [0.15, 0.2) is 36.5 Å². The topological polar surface area (TPSA) is 91.8 Å². The highest BCUT2D eigenvalue weighted by atomic mass is 35.5. The second-order valence-corrected chi connectivity index (χ2v) is 10.8. The lowest BCUT2D eigenvalue weighted by Gasteiger charge is -2.65. The van der Waals surface area contributed by atoms with Gasteiger partial charge in [0.25, 0.3) is 0 Å². The SMILES string of the molecule is Cl.O=C(Cc1ccccn1)N[C@@]12CCC(=O)[C@@H]3Oc4c(O)ccc5c4[C@@]31CCN(CC1CC1)[C@@H]2C5. The number of carbonyl (C=O) groups is 2. The fourth-order valence-electron chi connectivity index (χ4n) is 7.52. The second kappa shape index (κ2) is 7.93. The monoisotopic (exact) mass is 495 g/mol. The number of carbonyl (C=O) groups excluding carboxylic acids is 2. The molecule has 2 aromatic rings. The molecule has 184 valence electrons. The number of aromatic hydroxyl groups is 1. The van der Waals surface area contributed by atoms with E-state index in [1.54, 1.807) is 12.3 Å². The predicted molar refractivity (Wildman–Crippen MR) is 131 cm³/mol. The molecular weight excluding hydrogens is 466 g/mol. The van der Waals surface area contributed by atoms with Crippen molar-refractivity contribution < 1.29 is 19.4 Å². The first-order valence-corrected chi connectivity index (χ1v) is 12.5. The summed E-state index contributed by atoms with van der Waals surface area (Å²) in [6.45, 7) is 1.92. The molecule has 1 spiro atoms. The number of phenols is 1. The van der Waals surface area contributed by atoms with Gasteiger partial charge in [0.2, 0.25) is 5.91 Å².